The number of likely N-dealkylation sites (tertiary alicyclic amines) is 1. The predicted octanol–water partition coefficient (Wildman–Crippen LogP) is -1.87. The van der Waals surface area contributed by atoms with E-state index in [0.717, 1.165) is 6.42 Å². The molecule has 0 spiro atoms. The van der Waals surface area contributed by atoms with Crippen molar-refractivity contribution in [2.45, 2.75) is 25.7 Å². The molecule has 84 valence electrons. The van der Waals surface area contributed by atoms with Gasteiger partial charge in [-0.1, -0.05) is 0 Å². The first-order valence-electron chi connectivity index (χ1n) is 4.92. The fourth-order valence-corrected chi connectivity index (χ4v) is 1.71. The number of amides is 2. The fraction of sp³-hybridized carbons (Fsp3) is 0.750. The molecule has 0 radical (unpaired) electrons. The second kappa shape index (κ2) is 5.13. The van der Waals surface area contributed by atoms with Gasteiger partial charge in [0.15, 0.2) is 0 Å². The van der Waals surface area contributed by atoms with Crippen molar-refractivity contribution in [3.8, 4) is 0 Å². The Labute approximate surface area is 88.4 Å². The van der Waals surface area contributed by atoms with Gasteiger partial charge in [0.2, 0.25) is 11.8 Å². The number of carbonyl (C=O) groups is 2. The molecule has 0 aromatic heterocycles. The van der Waals surface area contributed by atoms with Gasteiger partial charge in [0.1, 0.15) is 0 Å². The van der Waals surface area contributed by atoms with Crippen LogP contribution in [0.2, 0.25) is 0 Å². The van der Waals surface area contributed by atoms with Crippen molar-refractivity contribution in [1.82, 2.24) is 10.2 Å². The molecule has 1 rings (SSSR count). The summed E-state index contributed by atoms with van der Waals surface area (Å²) < 4.78 is 0. The summed E-state index contributed by atoms with van der Waals surface area (Å²) in [6, 6.07) is 0. The van der Waals surface area contributed by atoms with E-state index in [4.69, 9.17) is 10.0 Å². The van der Waals surface area contributed by atoms with Crippen molar-refractivity contribution in [2.75, 3.05) is 13.1 Å². The summed E-state index contributed by atoms with van der Waals surface area (Å²) >= 11 is 0. The summed E-state index contributed by atoms with van der Waals surface area (Å²) in [6.45, 7) is 1.76. The SMILES string of the molecule is CC(=O)NCC(=O)N1CCC[C@@H]1B(O)O. The summed E-state index contributed by atoms with van der Waals surface area (Å²) in [5, 5.41) is 20.4. The van der Waals surface area contributed by atoms with E-state index >= 15 is 0 Å². The monoisotopic (exact) mass is 214 g/mol. The van der Waals surface area contributed by atoms with Crippen LogP contribution >= 0.6 is 0 Å². The second-order valence-corrected chi connectivity index (χ2v) is 3.62. The van der Waals surface area contributed by atoms with Crippen molar-refractivity contribution in [3.63, 3.8) is 0 Å². The van der Waals surface area contributed by atoms with E-state index in [1.807, 2.05) is 0 Å². The zero-order valence-electron chi connectivity index (χ0n) is 8.64. The summed E-state index contributed by atoms with van der Waals surface area (Å²) in [5.41, 5.74) is 0. The molecular formula is C8H15BN2O4. The molecular weight excluding hydrogens is 199 g/mol. The van der Waals surface area contributed by atoms with Crippen molar-refractivity contribution in [2.24, 2.45) is 0 Å². The molecule has 0 aromatic rings. The van der Waals surface area contributed by atoms with E-state index in [9.17, 15) is 9.59 Å². The molecule has 2 amide bonds. The van der Waals surface area contributed by atoms with Gasteiger partial charge in [0.25, 0.3) is 0 Å². The van der Waals surface area contributed by atoms with Crippen LogP contribution in [0.5, 0.6) is 0 Å². The Kier molecular flexibility index (Phi) is 4.10. The summed E-state index contributed by atoms with van der Waals surface area (Å²) in [7, 11) is -1.51. The van der Waals surface area contributed by atoms with Crippen LogP contribution in [-0.2, 0) is 9.59 Å². The first-order valence-corrected chi connectivity index (χ1v) is 4.92. The second-order valence-electron chi connectivity index (χ2n) is 3.62. The van der Waals surface area contributed by atoms with Crippen molar-refractivity contribution in [1.29, 1.82) is 0 Å². The molecule has 0 aliphatic carbocycles. The number of hydrogen-bond acceptors (Lipinski definition) is 4. The molecule has 1 heterocycles. The van der Waals surface area contributed by atoms with Crippen molar-refractivity contribution >= 4 is 18.9 Å². The normalized spacial score (nSPS) is 20.2. The number of nitrogens with one attached hydrogen (secondary N) is 1. The van der Waals surface area contributed by atoms with Gasteiger partial charge in [-0.3, -0.25) is 9.59 Å². The lowest BCUT2D eigenvalue weighted by molar-refractivity contribution is -0.132. The Balaban J connectivity index is 2.47. The minimum atomic E-state index is -1.51. The van der Waals surface area contributed by atoms with Gasteiger partial charge >= 0.3 is 7.12 Å². The molecule has 1 atom stereocenters. The van der Waals surface area contributed by atoms with E-state index in [1.54, 1.807) is 0 Å². The standard InChI is InChI=1S/C8H15BN2O4/c1-6(12)10-5-8(13)11-4-2-3-7(11)9(14)15/h7,14-15H,2-5H2,1H3,(H,10,12)/t7-/m1/s1. The quantitative estimate of drug-likeness (QED) is 0.480. The minimum absolute atomic E-state index is 0.0848. The molecule has 0 bridgehead atoms. The Morgan fingerprint density at radius 2 is 2.20 bits per heavy atom. The average Bonchev–Trinajstić information content (AvgIpc) is 2.62. The largest absolute Gasteiger partial charge is 0.475 e. The molecule has 1 saturated heterocycles. The van der Waals surface area contributed by atoms with E-state index in [2.05, 4.69) is 5.32 Å². The van der Waals surface area contributed by atoms with Gasteiger partial charge in [-0.15, -0.1) is 0 Å². The minimum Gasteiger partial charge on any atom is -0.426 e. The van der Waals surface area contributed by atoms with Crippen LogP contribution in [0.4, 0.5) is 0 Å². The third-order valence-electron chi connectivity index (χ3n) is 2.45. The van der Waals surface area contributed by atoms with Gasteiger partial charge in [-0.25, -0.2) is 0 Å². The lowest BCUT2D eigenvalue weighted by Gasteiger charge is -2.23. The fourth-order valence-electron chi connectivity index (χ4n) is 1.71. The van der Waals surface area contributed by atoms with Crippen LogP contribution < -0.4 is 5.32 Å². The van der Waals surface area contributed by atoms with Gasteiger partial charge in [0.05, 0.1) is 12.5 Å². The predicted molar refractivity (Wildman–Crippen MR) is 53.6 cm³/mol. The maximum absolute atomic E-state index is 11.6. The molecule has 6 nitrogen and oxygen atoms in total. The molecule has 1 aliphatic heterocycles. The number of carbonyl (C=O) groups excluding carboxylic acids is 2. The van der Waals surface area contributed by atoms with E-state index in [-0.39, 0.29) is 18.4 Å². The first kappa shape index (κ1) is 12.0. The molecule has 0 unspecified atom stereocenters. The van der Waals surface area contributed by atoms with E-state index in [1.165, 1.54) is 11.8 Å². The average molecular weight is 214 g/mol. The summed E-state index contributed by atoms with van der Waals surface area (Å²) in [6.07, 6.45) is 1.34. The Hall–Kier alpha value is -1.08. The zero-order chi connectivity index (χ0) is 11.4. The maximum atomic E-state index is 11.6. The van der Waals surface area contributed by atoms with Gasteiger partial charge in [-0.05, 0) is 12.8 Å². The maximum Gasteiger partial charge on any atom is 0.475 e. The Morgan fingerprint density at radius 3 is 2.73 bits per heavy atom. The number of nitrogens with zero attached hydrogens (tertiary/aromatic N) is 1. The van der Waals surface area contributed by atoms with Crippen LogP contribution in [0.15, 0.2) is 0 Å². The van der Waals surface area contributed by atoms with Crippen LogP contribution in [0.1, 0.15) is 19.8 Å². The Morgan fingerprint density at radius 1 is 1.53 bits per heavy atom. The highest BCUT2D eigenvalue weighted by molar-refractivity contribution is 6.43. The highest BCUT2D eigenvalue weighted by Crippen LogP contribution is 2.17. The van der Waals surface area contributed by atoms with Gasteiger partial charge in [-0.2, -0.15) is 0 Å². The Bertz CT molecular complexity index is 259. The molecule has 3 N–H and O–H groups in total. The summed E-state index contributed by atoms with van der Waals surface area (Å²) in [4.78, 5) is 23.6. The topological polar surface area (TPSA) is 89.9 Å². The molecule has 0 aromatic carbocycles. The third-order valence-corrected chi connectivity index (χ3v) is 2.45. The van der Waals surface area contributed by atoms with Crippen LogP contribution in [0, 0.1) is 0 Å². The molecule has 15 heavy (non-hydrogen) atoms. The van der Waals surface area contributed by atoms with Crippen molar-refractivity contribution < 1.29 is 19.6 Å². The lowest BCUT2D eigenvalue weighted by atomic mass is 9.78. The molecule has 7 heteroatoms. The highest BCUT2D eigenvalue weighted by atomic mass is 16.4. The number of hydrogen-bond donors (Lipinski definition) is 3. The van der Waals surface area contributed by atoms with Gasteiger partial charge in [0, 0.05) is 13.5 Å². The van der Waals surface area contributed by atoms with Gasteiger partial charge < -0.3 is 20.3 Å². The van der Waals surface area contributed by atoms with Crippen LogP contribution in [0.25, 0.3) is 0 Å². The van der Waals surface area contributed by atoms with Crippen LogP contribution in [0.3, 0.4) is 0 Å². The molecule has 1 fully saturated rings. The number of rotatable bonds is 3. The van der Waals surface area contributed by atoms with E-state index < -0.39 is 13.1 Å². The zero-order valence-corrected chi connectivity index (χ0v) is 8.64. The molecule has 1 aliphatic rings. The lowest BCUT2D eigenvalue weighted by Crippen LogP contribution is -2.48. The highest BCUT2D eigenvalue weighted by Gasteiger charge is 2.36. The third kappa shape index (κ3) is 3.21. The summed E-state index contributed by atoms with van der Waals surface area (Å²) in [5.74, 6) is -1.09. The van der Waals surface area contributed by atoms with E-state index in [0.29, 0.717) is 13.0 Å². The smallest absolute Gasteiger partial charge is 0.426 e. The molecule has 0 saturated carbocycles. The van der Waals surface area contributed by atoms with Crippen molar-refractivity contribution in [3.05, 3.63) is 0 Å². The van der Waals surface area contributed by atoms with Crippen LogP contribution in [-0.4, -0.2) is 52.9 Å². The first-order chi connectivity index (χ1) is 7.02.